The number of aromatic nitrogens is 2. The molecule has 1 unspecified atom stereocenters. The van der Waals surface area contributed by atoms with Gasteiger partial charge in [-0.15, -0.1) is 0 Å². The van der Waals surface area contributed by atoms with E-state index in [1.807, 2.05) is 0 Å². The van der Waals surface area contributed by atoms with Gasteiger partial charge in [0.15, 0.2) is 0 Å². The second kappa shape index (κ2) is 5.17. The van der Waals surface area contributed by atoms with E-state index in [-0.39, 0.29) is 0 Å². The Kier molecular flexibility index (Phi) is 3.62. The van der Waals surface area contributed by atoms with Crippen LogP contribution in [0.2, 0.25) is 0 Å². The molecule has 1 atom stereocenters. The molecule has 1 aromatic carbocycles. The highest BCUT2D eigenvalue weighted by Gasteiger charge is 2.13. The molecule has 1 aromatic heterocycles. The van der Waals surface area contributed by atoms with Crippen molar-refractivity contribution < 1.29 is 0 Å². The van der Waals surface area contributed by atoms with Gasteiger partial charge in [-0.3, -0.25) is 4.68 Å². The zero-order valence-corrected chi connectivity index (χ0v) is 10.9. The minimum absolute atomic E-state index is 0.312. The van der Waals surface area contributed by atoms with Crippen LogP contribution in [0.4, 0.5) is 0 Å². The lowest BCUT2D eigenvalue weighted by molar-refractivity contribution is 0.536. The van der Waals surface area contributed by atoms with Crippen LogP contribution < -0.4 is 0 Å². The van der Waals surface area contributed by atoms with Crippen molar-refractivity contribution >= 4 is 0 Å². The van der Waals surface area contributed by atoms with Gasteiger partial charge in [-0.25, -0.2) is 0 Å². The molecular formula is C15H20N2. The predicted octanol–water partition coefficient (Wildman–Crippen LogP) is 3.62. The minimum atomic E-state index is 0.312. The molecule has 0 N–H and O–H groups in total. The Hall–Kier alpha value is -1.57. The van der Waals surface area contributed by atoms with Crippen molar-refractivity contribution in [2.45, 2.75) is 39.7 Å². The molecule has 2 heteroatoms. The zero-order chi connectivity index (χ0) is 12.3. The summed E-state index contributed by atoms with van der Waals surface area (Å²) in [4.78, 5) is 0. The zero-order valence-electron chi connectivity index (χ0n) is 10.9. The summed E-state index contributed by atoms with van der Waals surface area (Å²) < 4.78 is 2.16. The summed E-state index contributed by atoms with van der Waals surface area (Å²) in [7, 11) is 0. The molecular weight excluding hydrogens is 208 g/mol. The fraction of sp³-hybridized carbons (Fsp3) is 0.400. The van der Waals surface area contributed by atoms with Gasteiger partial charge in [0.2, 0.25) is 0 Å². The molecule has 0 bridgehead atoms. The molecule has 0 saturated heterocycles. The standard InChI is InChI=1S/C15H20N2/c1-4-14-11-15(5-2)17(16-14)12(3)13-9-7-6-8-10-13/h6-12H,4-5H2,1-3H3. The summed E-state index contributed by atoms with van der Waals surface area (Å²) in [6.45, 7) is 6.55. The molecule has 0 radical (unpaired) electrons. The van der Waals surface area contributed by atoms with Gasteiger partial charge in [0, 0.05) is 5.69 Å². The van der Waals surface area contributed by atoms with E-state index in [9.17, 15) is 0 Å². The van der Waals surface area contributed by atoms with Crippen LogP contribution in [0, 0.1) is 0 Å². The smallest absolute Gasteiger partial charge is 0.0743 e. The van der Waals surface area contributed by atoms with Gasteiger partial charge >= 0.3 is 0 Å². The van der Waals surface area contributed by atoms with E-state index >= 15 is 0 Å². The highest BCUT2D eigenvalue weighted by molar-refractivity contribution is 5.21. The Balaban J connectivity index is 2.36. The molecule has 0 saturated carbocycles. The second-order valence-corrected chi connectivity index (χ2v) is 4.37. The van der Waals surface area contributed by atoms with Gasteiger partial charge in [0.25, 0.3) is 0 Å². The van der Waals surface area contributed by atoms with Gasteiger partial charge in [0.05, 0.1) is 11.7 Å². The molecule has 0 aliphatic rings. The summed E-state index contributed by atoms with van der Waals surface area (Å²) in [5.74, 6) is 0. The summed E-state index contributed by atoms with van der Waals surface area (Å²) in [6.07, 6.45) is 2.03. The predicted molar refractivity (Wildman–Crippen MR) is 71.2 cm³/mol. The van der Waals surface area contributed by atoms with Crippen molar-refractivity contribution in [1.29, 1.82) is 0 Å². The van der Waals surface area contributed by atoms with Crippen LogP contribution in [0.1, 0.15) is 43.8 Å². The van der Waals surface area contributed by atoms with E-state index in [0.29, 0.717) is 6.04 Å². The van der Waals surface area contributed by atoms with Crippen molar-refractivity contribution in [2.24, 2.45) is 0 Å². The van der Waals surface area contributed by atoms with Gasteiger partial charge in [-0.2, -0.15) is 5.10 Å². The Bertz CT molecular complexity index is 471. The molecule has 2 aromatic rings. The quantitative estimate of drug-likeness (QED) is 0.781. The highest BCUT2D eigenvalue weighted by Crippen LogP contribution is 2.20. The lowest BCUT2D eigenvalue weighted by Crippen LogP contribution is -2.11. The van der Waals surface area contributed by atoms with E-state index < -0.39 is 0 Å². The van der Waals surface area contributed by atoms with Gasteiger partial charge in [-0.1, -0.05) is 44.2 Å². The lowest BCUT2D eigenvalue weighted by atomic mass is 10.1. The summed E-state index contributed by atoms with van der Waals surface area (Å²) >= 11 is 0. The van der Waals surface area contributed by atoms with Crippen LogP contribution >= 0.6 is 0 Å². The van der Waals surface area contributed by atoms with Gasteiger partial charge < -0.3 is 0 Å². The van der Waals surface area contributed by atoms with E-state index in [4.69, 9.17) is 5.10 Å². The molecule has 1 heterocycles. The maximum Gasteiger partial charge on any atom is 0.0743 e. The van der Waals surface area contributed by atoms with Crippen molar-refractivity contribution in [3.8, 4) is 0 Å². The lowest BCUT2D eigenvalue weighted by Gasteiger charge is -2.15. The first kappa shape index (κ1) is 11.9. The normalized spacial score (nSPS) is 12.6. The average molecular weight is 228 g/mol. The van der Waals surface area contributed by atoms with E-state index in [1.165, 1.54) is 17.0 Å². The van der Waals surface area contributed by atoms with Crippen molar-refractivity contribution in [1.82, 2.24) is 9.78 Å². The van der Waals surface area contributed by atoms with Gasteiger partial charge in [0.1, 0.15) is 0 Å². The molecule has 2 rings (SSSR count). The molecule has 0 aliphatic heterocycles. The monoisotopic (exact) mass is 228 g/mol. The number of hydrogen-bond acceptors (Lipinski definition) is 1. The van der Waals surface area contributed by atoms with Crippen LogP contribution in [0.15, 0.2) is 36.4 Å². The van der Waals surface area contributed by atoms with E-state index in [2.05, 4.69) is 61.9 Å². The van der Waals surface area contributed by atoms with Crippen molar-refractivity contribution in [3.63, 3.8) is 0 Å². The Morgan fingerprint density at radius 1 is 1.12 bits per heavy atom. The van der Waals surface area contributed by atoms with Gasteiger partial charge in [-0.05, 0) is 31.4 Å². The fourth-order valence-corrected chi connectivity index (χ4v) is 2.13. The number of aryl methyl sites for hydroxylation is 2. The van der Waals surface area contributed by atoms with Crippen molar-refractivity contribution in [2.75, 3.05) is 0 Å². The number of hydrogen-bond donors (Lipinski definition) is 0. The van der Waals surface area contributed by atoms with Crippen LogP contribution in [0.25, 0.3) is 0 Å². The maximum absolute atomic E-state index is 4.69. The summed E-state index contributed by atoms with van der Waals surface area (Å²) in [6, 6.07) is 13.1. The Morgan fingerprint density at radius 2 is 1.82 bits per heavy atom. The topological polar surface area (TPSA) is 17.8 Å². The number of nitrogens with zero attached hydrogens (tertiary/aromatic N) is 2. The third-order valence-electron chi connectivity index (χ3n) is 3.24. The molecule has 0 amide bonds. The molecule has 0 spiro atoms. The Morgan fingerprint density at radius 3 is 2.41 bits per heavy atom. The summed E-state index contributed by atoms with van der Waals surface area (Å²) in [5.41, 5.74) is 3.82. The first-order chi connectivity index (χ1) is 8.26. The van der Waals surface area contributed by atoms with E-state index in [1.54, 1.807) is 0 Å². The molecule has 2 nitrogen and oxygen atoms in total. The van der Waals surface area contributed by atoms with Crippen LogP contribution in [-0.4, -0.2) is 9.78 Å². The summed E-state index contributed by atoms with van der Waals surface area (Å²) in [5, 5.41) is 4.69. The third-order valence-corrected chi connectivity index (χ3v) is 3.24. The van der Waals surface area contributed by atoms with E-state index in [0.717, 1.165) is 12.8 Å². The first-order valence-electron chi connectivity index (χ1n) is 6.38. The largest absolute Gasteiger partial charge is 0.262 e. The molecule has 0 fully saturated rings. The molecule has 0 aliphatic carbocycles. The van der Waals surface area contributed by atoms with Crippen LogP contribution in [0.5, 0.6) is 0 Å². The number of benzene rings is 1. The Labute approximate surface area is 103 Å². The molecule has 90 valence electrons. The number of rotatable bonds is 4. The highest BCUT2D eigenvalue weighted by atomic mass is 15.3. The second-order valence-electron chi connectivity index (χ2n) is 4.37. The average Bonchev–Trinajstić information content (AvgIpc) is 2.82. The van der Waals surface area contributed by atoms with Crippen LogP contribution in [-0.2, 0) is 12.8 Å². The van der Waals surface area contributed by atoms with Crippen LogP contribution in [0.3, 0.4) is 0 Å². The minimum Gasteiger partial charge on any atom is -0.262 e. The first-order valence-corrected chi connectivity index (χ1v) is 6.38. The van der Waals surface area contributed by atoms with Crippen molar-refractivity contribution in [3.05, 3.63) is 53.3 Å². The molecule has 17 heavy (non-hydrogen) atoms. The third kappa shape index (κ3) is 2.41. The fourth-order valence-electron chi connectivity index (χ4n) is 2.13. The maximum atomic E-state index is 4.69. The SMILES string of the molecule is CCc1cc(CC)n(C(C)c2ccccc2)n1.